The highest BCUT2D eigenvalue weighted by atomic mass is 32.1. The van der Waals surface area contributed by atoms with Crippen molar-refractivity contribution in [2.24, 2.45) is 5.92 Å². The first kappa shape index (κ1) is 20.7. The van der Waals surface area contributed by atoms with Crippen LogP contribution in [0.5, 0.6) is 0 Å². The fraction of sp³-hybridized carbons (Fsp3) is 0.217. The number of amides is 3. The lowest BCUT2D eigenvalue weighted by atomic mass is 10.0. The molecule has 1 aromatic heterocycles. The van der Waals surface area contributed by atoms with Crippen molar-refractivity contribution >= 4 is 39.9 Å². The Morgan fingerprint density at radius 2 is 1.81 bits per heavy atom. The van der Waals surface area contributed by atoms with E-state index in [-0.39, 0.29) is 24.1 Å². The maximum absolute atomic E-state index is 13.0. The number of anilines is 2. The summed E-state index contributed by atoms with van der Waals surface area (Å²) in [5, 5.41) is 7.86. The molecule has 1 fully saturated rings. The average Bonchev–Trinajstić information content (AvgIpc) is 3.44. The third kappa shape index (κ3) is 5.16. The van der Waals surface area contributed by atoms with Crippen molar-refractivity contribution in [2.45, 2.75) is 18.9 Å². The van der Waals surface area contributed by atoms with Crippen LogP contribution in [0.2, 0.25) is 0 Å². The van der Waals surface area contributed by atoms with Crippen LogP contribution in [0, 0.1) is 5.92 Å². The number of rotatable bonds is 7. The van der Waals surface area contributed by atoms with Crippen molar-refractivity contribution in [3.8, 4) is 0 Å². The Morgan fingerprint density at radius 3 is 2.48 bits per heavy atom. The number of nitrogens with zero attached hydrogens (tertiary/aromatic N) is 2. The number of para-hydroxylation sites is 1. The summed E-state index contributed by atoms with van der Waals surface area (Å²) in [7, 11) is 0. The van der Waals surface area contributed by atoms with E-state index < -0.39 is 12.0 Å². The van der Waals surface area contributed by atoms with Crippen molar-refractivity contribution in [3.05, 3.63) is 77.8 Å². The van der Waals surface area contributed by atoms with Crippen LogP contribution in [0.4, 0.5) is 10.8 Å². The van der Waals surface area contributed by atoms with Crippen LogP contribution >= 0.6 is 11.3 Å². The van der Waals surface area contributed by atoms with Gasteiger partial charge in [0.15, 0.2) is 5.13 Å². The predicted molar refractivity (Wildman–Crippen MR) is 120 cm³/mol. The summed E-state index contributed by atoms with van der Waals surface area (Å²) in [5.74, 6) is -1.25. The second kappa shape index (κ2) is 9.53. The lowest BCUT2D eigenvalue weighted by molar-refractivity contribution is -0.129. The molecule has 2 heterocycles. The molecule has 2 aromatic carbocycles. The van der Waals surface area contributed by atoms with E-state index in [1.54, 1.807) is 16.5 Å². The highest BCUT2D eigenvalue weighted by Gasteiger charge is 2.36. The largest absolute Gasteiger partial charge is 0.344 e. The minimum Gasteiger partial charge on any atom is -0.344 e. The Kier molecular flexibility index (Phi) is 6.37. The molecule has 4 rings (SSSR count). The molecule has 0 bridgehead atoms. The average molecular weight is 435 g/mol. The maximum Gasteiger partial charge on any atom is 0.249 e. The number of carbonyl (C=O) groups excluding carboxylic acids is 3. The predicted octanol–water partition coefficient (Wildman–Crippen LogP) is 2.86. The molecule has 0 unspecified atom stereocenters. The molecule has 158 valence electrons. The van der Waals surface area contributed by atoms with Gasteiger partial charge in [-0.3, -0.25) is 14.4 Å². The van der Waals surface area contributed by atoms with Gasteiger partial charge in [0.05, 0.1) is 5.92 Å². The third-order valence-electron chi connectivity index (χ3n) is 5.14. The summed E-state index contributed by atoms with van der Waals surface area (Å²) in [6.07, 6.45) is 2.06. The zero-order chi connectivity index (χ0) is 21.6. The van der Waals surface area contributed by atoms with E-state index in [9.17, 15) is 14.4 Å². The molecule has 1 aliphatic heterocycles. The van der Waals surface area contributed by atoms with E-state index >= 15 is 0 Å². The molecular formula is C23H22N4O3S. The van der Waals surface area contributed by atoms with Crippen LogP contribution in [0.1, 0.15) is 12.0 Å². The number of hydrogen-bond acceptors (Lipinski definition) is 5. The van der Waals surface area contributed by atoms with Crippen LogP contribution in [-0.2, 0) is 20.8 Å². The number of carbonyl (C=O) groups is 3. The van der Waals surface area contributed by atoms with Gasteiger partial charge in [-0.1, -0.05) is 48.5 Å². The molecule has 31 heavy (non-hydrogen) atoms. The topological polar surface area (TPSA) is 91.4 Å². The summed E-state index contributed by atoms with van der Waals surface area (Å²) in [4.78, 5) is 44.0. The van der Waals surface area contributed by atoms with Gasteiger partial charge in [0, 0.05) is 36.7 Å². The highest BCUT2D eigenvalue weighted by Crippen LogP contribution is 2.25. The smallest absolute Gasteiger partial charge is 0.249 e. The molecule has 1 aliphatic rings. The van der Waals surface area contributed by atoms with Crippen LogP contribution < -0.4 is 15.5 Å². The molecule has 0 aliphatic carbocycles. The Morgan fingerprint density at radius 1 is 1.10 bits per heavy atom. The van der Waals surface area contributed by atoms with E-state index in [4.69, 9.17) is 0 Å². The van der Waals surface area contributed by atoms with Crippen molar-refractivity contribution in [1.82, 2.24) is 10.3 Å². The fourth-order valence-electron chi connectivity index (χ4n) is 3.57. The Bertz CT molecular complexity index is 1040. The molecule has 3 aromatic rings. The van der Waals surface area contributed by atoms with Crippen molar-refractivity contribution < 1.29 is 14.4 Å². The first-order valence-corrected chi connectivity index (χ1v) is 10.9. The van der Waals surface area contributed by atoms with Gasteiger partial charge in [0.25, 0.3) is 0 Å². The van der Waals surface area contributed by atoms with Crippen LogP contribution in [0.25, 0.3) is 0 Å². The molecule has 2 atom stereocenters. The van der Waals surface area contributed by atoms with Gasteiger partial charge in [0.2, 0.25) is 17.7 Å². The first-order valence-electron chi connectivity index (χ1n) is 10.0. The second-order valence-corrected chi connectivity index (χ2v) is 8.21. The monoisotopic (exact) mass is 434 g/mol. The number of hydrogen-bond donors (Lipinski definition) is 2. The number of aromatic nitrogens is 1. The normalized spacial score (nSPS) is 16.7. The lowest BCUT2D eigenvalue weighted by Gasteiger charge is -2.20. The summed E-state index contributed by atoms with van der Waals surface area (Å²) >= 11 is 1.31. The molecule has 0 saturated carbocycles. The van der Waals surface area contributed by atoms with Gasteiger partial charge in [-0.2, -0.15) is 0 Å². The van der Waals surface area contributed by atoms with Crippen LogP contribution in [0.15, 0.2) is 72.2 Å². The highest BCUT2D eigenvalue weighted by molar-refractivity contribution is 7.13. The second-order valence-electron chi connectivity index (χ2n) is 7.32. The van der Waals surface area contributed by atoms with E-state index in [2.05, 4.69) is 15.6 Å². The van der Waals surface area contributed by atoms with Crippen molar-refractivity contribution in [3.63, 3.8) is 0 Å². The zero-order valence-corrected chi connectivity index (χ0v) is 17.5. The van der Waals surface area contributed by atoms with E-state index in [1.807, 2.05) is 60.7 Å². The third-order valence-corrected chi connectivity index (χ3v) is 5.83. The van der Waals surface area contributed by atoms with Crippen molar-refractivity contribution in [1.29, 1.82) is 0 Å². The van der Waals surface area contributed by atoms with Crippen LogP contribution in [-0.4, -0.2) is 35.3 Å². The lowest BCUT2D eigenvalue weighted by Crippen LogP contribution is -2.47. The molecule has 7 nitrogen and oxygen atoms in total. The number of thiazole rings is 1. The summed E-state index contributed by atoms with van der Waals surface area (Å²) in [6, 6.07) is 18.0. The molecule has 1 saturated heterocycles. The number of benzene rings is 2. The molecule has 3 amide bonds. The standard InChI is InChI=1S/C23H22N4O3S/c28-20-14-17(15-27(20)18-9-5-2-6-10-18)21(29)25-19(13-16-7-3-1-4-8-16)22(30)26-23-24-11-12-31-23/h1-12,17,19H,13-15H2,(H,25,29)(H,24,26,30)/t17-,19-/m1/s1. The fourth-order valence-corrected chi connectivity index (χ4v) is 4.10. The van der Waals surface area contributed by atoms with Gasteiger partial charge < -0.3 is 15.5 Å². The summed E-state index contributed by atoms with van der Waals surface area (Å²) in [5.41, 5.74) is 1.70. The molecular weight excluding hydrogens is 412 g/mol. The Labute approximate surface area is 184 Å². The van der Waals surface area contributed by atoms with E-state index in [0.717, 1.165) is 11.3 Å². The summed E-state index contributed by atoms with van der Waals surface area (Å²) < 4.78 is 0. The maximum atomic E-state index is 13.0. The van der Waals surface area contributed by atoms with Gasteiger partial charge >= 0.3 is 0 Å². The Balaban J connectivity index is 1.46. The Hall–Kier alpha value is -3.52. The zero-order valence-electron chi connectivity index (χ0n) is 16.7. The van der Waals surface area contributed by atoms with Crippen LogP contribution in [0.3, 0.4) is 0 Å². The van der Waals surface area contributed by atoms with Gasteiger partial charge in [-0.05, 0) is 17.7 Å². The SMILES string of the molecule is O=C(N[C@H](Cc1ccccc1)C(=O)Nc1nccs1)[C@@H]1CC(=O)N(c2ccccc2)C1. The van der Waals surface area contributed by atoms with Gasteiger partial charge in [-0.25, -0.2) is 4.98 Å². The minimum absolute atomic E-state index is 0.0989. The van der Waals surface area contributed by atoms with E-state index in [0.29, 0.717) is 18.1 Å². The molecule has 0 radical (unpaired) electrons. The van der Waals surface area contributed by atoms with Gasteiger partial charge in [0.1, 0.15) is 6.04 Å². The summed E-state index contributed by atoms with van der Waals surface area (Å²) in [6.45, 7) is 0.292. The molecule has 8 heteroatoms. The quantitative estimate of drug-likeness (QED) is 0.598. The molecule has 0 spiro atoms. The molecule has 2 N–H and O–H groups in total. The minimum atomic E-state index is -0.778. The van der Waals surface area contributed by atoms with Gasteiger partial charge in [-0.15, -0.1) is 11.3 Å². The van der Waals surface area contributed by atoms with Crippen molar-refractivity contribution in [2.75, 3.05) is 16.8 Å². The van der Waals surface area contributed by atoms with E-state index in [1.165, 1.54) is 11.3 Å². The first-order chi connectivity index (χ1) is 15.1. The number of nitrogens with one attached hydrogen (secondary N) is 2.